The Morgan fingerprint density at radius 2 is 1.86 bits per heavy atom. The number of hydrogen-bond acceptors (Lipinski definition) is 1. The highest BCUT2D eigenvalue weighted by Crippen LogP contribution is 2.25. The normalized spacial score (nSPS) is 16.7. The molecule has 0 heterocycles. The van der Waals surface area contributed by atoms with Crippen molar-refractivity contribution in [3.05, 3.63) is 0 Å². The summed E-state index contributed by atoms with van der Waals surface area (Å²) in [5.74, 6) is 0. The van der Waals surface area contributed by atoms with Gasteiger partial charge in [0.1, 0.15) is 0 Å². The van der Waals surface area contributed by atoms with Gasteiger partial charge in [0.2, 0.25) is 0 Å². The lowest BCUT2D eigenvalue weighted by Gasteiger charge is -1.50. The number of carbonyl (C=O) groups is 1. The smallest absolute Gasteiger partial charge is 0.290 e. The Hall–Kier alpha value is -0.240. The number of rotatable bonds is 0. The summed E-state index contributed by atoms with van der Waals surface area (Å²) in [6, 6.07) is 0. The van der Waals surface area contributed by atoms with Gasteiger partial charge in [-0.3, -0.25) is 4.79 Å². The van der Waals surface area contributed by atoms with Crippen molar-refractivity contribution in [1.29, 1.82) is 0 Å². The number of halogens is 1. The monoisotopic (exact) mass is 122 g/mol. The van der Waals surface area contributed by atoms with Crippen molar-refractivity contribution in [3.8, 4) is 0 Å². The van der Waals surface area contributed by atoms with E-state index in [0.29, 0.717) is 5.38 Å². The van der Waals surface area contributed by atoms with Crippen LogP contribution in [0.3, 0.4) is 0 Å². The molecule has 0 aromatic rings. The summed E-state index contributed by atoms with van der Waals surface area (Å²) in [4.78, 5) is 8.36. The van der Waals surface area contributed by atoms with Crippen LogP contribution in [-0.4, -0.2) is 17.0 Å². The molecular weight excluding hydrogens is 115 g/mol. The topological polar surface area (TPSA) is 37.3 Å². The van der Waals surface area contributed by atoms with Crippen LogP contribution in [0, 0.1) is 0 Å². The van der Waals surface area contributed by atoms with E-state index in [9.17, 15) is 0 Å². The molecule has 0 aromatic carbocycles. The van der Waals surface area contributed by atoms with E-state index in [0.717, 1.165) is 0 Å². The average Bonchev–Trinajstić information content (AvgIpc) is 2.25. The minimum absolute atomic E-state index is 0.250. The second-order valence-electron chi connectivity index (χ2n) is 1.28. The Labute approximate surface area is 47.1 Å². The molecule has 0 amide bonds. The van der Waals surface area contributed by atoms with E-state index in [2.05, 4.69) is 0 Å². The third-order valence-corrected chi connectivity index (χ3v) is 0.943. The van der Waals surface area contributed by atoms with Crippen LogP contribution in [0.15, 0.2) is 0 Å². The van der Waals surface area contributed by atoms with Crippen LogP contribution < -0.4 is 0 Å². The van der Waals surface area contributed by atoms with Crippen LogP contribution in [0.2, 0.25) is 0 Å². The molecule has 1 fully saturated rings. The summed E-state index contributed by atoms with van der Waals surface area (Å²) in [5.41, 5.74) is 0. The van der Waals surface area contributed by atoms with Gasteiger partial charge in [-0.1, -0.05) is 0 Å². The fourth-order valence-electron chi connectivity index (χ4n) is 0.0630. The highest BCUT2D eigenvalue weighted by molar-refractivity contribution is 6.22. The number of hydrogen-bond donors (Lipinski definition) is 1. The molecule has 1 saturated carbocycles. The highest BCUT2D eigenvalue weighted by atomic mass is 35.5. The molecule has 0 radical (unpaired) electrons. The number of alkyl halides is 1. The van der Waals surface area contributed by atoms with Crippen LogP contribution in [0.25, 0.3) is 0 Å². The van der Waals surface area contributed by atoms with Crippen molar-refractivity contribution in [3.63, 3.8) is 0 Å². The fourth-order valence-corrected chi connectivity index (χ4v) is 0.189. The maximum Gasteiger partial charge on any atom is 0.290 e. The van der Waals surface area contributed by atoms with Crippen molar-refractivity contribution in [2.24, 2.45) is 0 Å². The first-order valence-corrected chi connectivity index (χ1v) is 2.47. The lowest BCUT2D eigenvalue weighted by atomic mass is 11.0. The molecule has 7 heavy (non-hydrogen) atoms. The van der Waals surface area contributed by atoms with E-state index in [1.54, 1.807) is 0 Å². The molecule has 2 nitrogen and oxygen atoms in total. The van der Waals surface area contributed by atoms with E-state index in [1.807, 2.05) is 0 Å². The fraction of sp³-hybridized carbons (Fsp3) is 0.750. The van der Waals surface area contributed by atoms with Gasteiger partial charge in [0.15, 0.2) is 0 Å². The molecule has 1 rings (SSSR count). The first-order chi connectivity index (χ1) is 3.31. The van der Waals surface area contributed by atoms with Gasteiger partial charge in [0.05, 0.1) is 0 Å². The molecule has 0 unspecified atom stereocenters. The van der Waals surface area contributed by atoms with Crippen LogP contribution in [-0.2, 0) is 4.79 Å². The average molecular weight is 123 g/mol. The first kappa shape index (κ1) is 6.76. The lowest BCUT2D eigenvalue weighted by molar-refractivity contribution is -0.122. The van der Waals surface area contributed by atoms with Crippen molar-refractivity contribution in [1.82, 2.24) is 0 Å². The minimum Gasteiger partial charge on any atom is -0.483 e. The van der Waals surface area contributed by atoms with E-state index in [4.69, 9.17) is 21.5 Å². The van der Waals surface area contributed by atoms with Crippen molar-refractivity contribution >= 4 is 18.1 Å². The molecule has 0 atom stereocenters. The second-order valence-corrected chi connectivity index (χ2v) is 1.90. The molecule has 0 aliphatic heterocycles. The van der Waals surface area contributed by atoms with Crippen molar-refractivity contribution in [2.45, 2.75) is 18.2 Å². The van der Waals surface area contributed by atoms with Crippen molar-refractivity contribution in [2.75, 3.05) is 0 Å². The third-order valence-electron chi connectivity index (χ3n) is 0.507. The van der Waals surface area contributed by atoms with Gasteiger partial charge in [-0.25, -0.2) is 0 Å². The predicted octanol–water partition coefficient (Wildman–Crippen LogP) is 1.09. The first-order valence-electron chi connectivity index (χ1n) is 2.03. The molecule has 1 aliphatic carbocycles. The van der Waals surface area contributed by atoms with Gasteiger partial charge in [-0.05, 0) is 12.8 Å². The Morgan fingerprint density at radius 1 is 1.71 bits per heavy atom. The molecule has 0 saturated heterocycles. The molecule has 0 bridgehead atoms. The Bertz CT molecular complexity index is 51.7. The van der Waals surface area contributed by atoms with Crippen molar-refractivity contribution < 1.29 is 9.90 Å². The van der Waals surface area contributed by atoms with Crippen LogP contribution in [0.4, 0.5) is 0 Å². The molecule has 0 spiro atoms. The molecule has 1 aliphatic rings. The van der Waals surface area contributed by atoms with Gasteiger partial charge in [0, 0.05) is 5.38 Å². The Balaban J connectivity index is 0.000000110. The quantitative estimate of drug-likeness (QED) is 0.386. The summed E-state index contributed by atoms with van der Waals surface area (Å²) in [5, 5.41) is 7.44. The number of carboxylic acid groups (broad SMARTS) is 1. The van der Waals surface area contributed by atoms with Crippen LogP contribution in [0.1, 0.15) is 12.8 Å². The summed E-state index contributed by atoms with van der Waals surface area (Å²) in [7, 11) is 0. The van der Waals surface area contributed by atoms with E-state index >= 15 is 0 Å². The summed E-state index contributed by atoms with van der Waals surface area (Å²) >= 11 is 5.39. The second kappa shape index (κ2) is 3.93. The SMILES string of the molecule is ClC1CC1.O=CO. The Kier molecular flexibility index (Phi) is 3.80. The molecular formula is C4H7ClO2. The van der Waals surface area contributed by atoms with E-state index < -0.39 is 0 Å². The maximum atomic E-state index is 8.36. The summed E-state index contributed by atoms with van der Waals surface area (Å²) in [6.45, 7) is -0.250. The van der Waals surface area contributed by atoms with Gasteiger partial charge < -0.3 is 5.11 Å². The zero-order chi connectivity index (χ0) is 5.70. The lowest BCUT2D eigenvalue weighted by Crippen LogP contribution is -1.49. The minimum atomic E-state index is -0.250. The van der Waals surface area contributed by atoms with Gasteiger partial charge in [-0.2, -0.15) is 0 Å². The largest absolute Gasteiger partial charge is 0.483 e. The zero-order valence-electron chi connectivity index (χ0n) is 3.80. The van der Waals surface area contributed by atoms with Gasteiger partial charge in [0.25, 0.3) is 6.47 Å². The molecule has 42 valence electrons. The van der Waals surface area contributed by atoms with Gasteiger partial charge in [-0.15, -0.1) is 11.6 Å². The highest BCUT2D eigenvalue weighted by Gasteiger charge is 2.15. The molecule has 0 aromatic heterocycles. The van der Waals surface area contributed by atoms with Crippen LogP contribution >= 0.6 is 11.6 Å². The van der Waals surface area contributed by atoms with E-state index in [1.165, 1.54) is 12.8 Å². The predicted molar refractivity (Wildman–Crippen MR) is 27.6 cm³/mol. The van der Waals surface area contributed by atoms with Gasteiger partial charge >= 0.3 is 0 Å². The molecule has 3 heteroatoms. The van der Waals surface area contributed by atoms with E-state index in [-0.39, 0.29) is 6.47 Å². The third kappa shape index (κ3) is 10.7. The molecule has 1 N–H and O–H groups in total. The zero-order valence-corrected chi connectivity index (χ0v) is 4.56. The summed E-state index contributed by atoms with van der Waals surface area (Å²) < 4.78 is 0. The summed E-state index contributed by atoms with van der Waals surface area (Å²) in [6.07, 6.45) is 2.50. The Morgan fingerprint density at radius 3 is 1.86 bits per heavy atom. The van der Waals surface area contributed by atoms with Crippen LogP contribution in [0.5, 0.6) is 0 Å². The maximum absolute atomic E-state index is 8.36. The standard InChI is InChI=1S/C3H5Cl.CH2O2/c4-3-1-2-3;2-1-3/h3H,1-2H2;1H,(H,2,3).